The second-order valence-corrected chi connectivity index (χ2v) is 4.70. The van der Waals surface area contributed by atoms with Crippen LogP contribution in [0.3, 0.4) is 0 Å². The molecule has 1 amide bonds. The number of rotatable bonds is 7. The lowest BCUT2D eigenvalue weighted by molar-refractivity contribution is 0.0939. The first-order valence-electron chi connectivity index (χ1n) is 7.25. The normalized spacial score (nSPS) is 10.2. The zero-order valence-electron chi connectivity index (χ0n) is 12.5. The van der Waals surface area contributed by atoms with Crippen LogP contribution in [-0.2, 0) is 6.54 Å². The van der Waals surface area contributed by atoms with Crippen LogP contribution in [0.4, 0.5) is 0 Å². The van der Waals surface area contributed by atoms with E-state index in [2.05, 4.69) is 10.4 Å². The molecule has 1 heterocycles. The summed E-state index contributed by atoms with van der Waals surface area (Å²) in [4.78, 5) is 23.5. The first-order valence-corrected chi connectivity index (χ1v) is 7.25. The summed E-state index contributed by atoms with van der Waals surface area (Å²) in [5.74, 6) is 0.438. The van der Waals surface area contributed by atoms with E-state index in [-0.39, 0.29) is 17.2 Å². The van der Waals surface area contributed by atoms with Gasteiger partial charge in [-0.1, -0.05) is 25.1 Å². The summed E-state index contributed by atoms with van der Waals surface area (Å²) >= 11 is 0. The quantitative estimate of drug-likeness (QED) is 0.786. The highest BCUT2D eigenvalue weighted by atomic mass is 16.5. The Morgan fingerprint density at radius 3 is 2.73 bits per heavy atom. The van der Waals surface area contributed by atoms with Gasteiger partial charge in [0, 0.05) is 12.6 Å². The lowest BCUT2D eigenvalue weighted by Gasteiger charge is -2.08. The van der Waals surface area contributed by atoms with Gasteiger partial charge in [0.2, 0.25) is 0 Å². The van der Waals surface area contributed by atoms with Crippen molar-refractivity contribution in [1.82, 2.24) is 15.1 Å². The summed E-state index contributed by atoms with van der Waals surface area (Å²) in [6, 6.07) is 12.2. The number of ether oxygens (including phenoxy) is 1. The Morgan fingerprint density at radius 1 is 1.23 bits per heavy atom. The summed E-state index contributed by atoms with van der Waals surface area (Å²) in [6.45, 7) is 3.17. The van der Waals surface area contributed by atoms with Gasteiger partial charge in [0.15, 0.2) is 0 Å². The fourth-order valence-corrected chi connectivity index (χ4v) is 1.88. The van der Waals surface area contributed by atoms with Crippen molar-refractivity contribution < 1.29 is 9.53 Å². The van der Waals surface area contributed by atoms with E-state index in [9.17, 15) is 9.59 Å². The van der Waals surface area contributed by atoms with Gasteiger partial charge in [-0.25, -0.2) is 4.68 Å². The van der Waals surface area contributed by atoms with E-state index < -0.39 is 0 Å². The number of benzene rings is 1. The van der Waals surface area contributed by atoms with Crippen molar-refractivity contribution in [3.8, 4) is 5.75 Å². The smallest absolute Gasteiger partial charge is 0.271 e. The Hall–Kier alpha value is -2.63. The summed E-state index contributed by atoms with van der Waals surface area (Å²) in [7, 11) is 0. The number of aryl methyl sites for hydroxylation is 1. The number of para-hydroxylation sites is 1. The standard InChI is InChI=1S/C16H19N3O3/c1-2-11-19-15(20)9-8-14(18-19)16(21)17-10-12-22-13-6-4-3-5-7-13/h3-9H,2,10-12H2,1H3,(H,17,21). The van der Waals surface area contributed by atoms with Gasteiger partial charge < -0.3 is 10.1 Å². The average Bonchev–Trinajstić information content (AvgIpc) is 2.54. The van der Waals surface area contributed by atoms with Crippen molar-refractivity contribution in [1.29, 1.82) is 0 Å². The van der Waals surface area contributed by atoms with Crippen molar-refractivity contribution in [2.45, 2.75) is 19.9 Å². The maximum absolute atomic E-state index is 12.0. The molecule has 6 heteroatoms. The van der Waals surface area contributed by atoms with Crippen LogP contribution in [-0.4, -0.2) is 28.8 Å². The van der Waals surface area contributed by atoms with E-state index in [0.717, 1.165) is 12.2 Å². The van der Waals surface area contributed by atoms with Gasteiger partial charge in [-0.05, 0) is 24.6 Å². The molecule has 0 aliphatic rings. The topological polar surface area (TPSA) is 73.2 Å². The zero-order valence-corrected chi connectivity index (χ0v) is 12.5. The van der Waals surface area contributed by atoms with Crippen LogP contribution in [0.15, 0.2) is 47.3 Å². The number of aromatic nitrogens is 2. The van der Waals surface area contributed by atoms with Crippen LogP contribution < -0.4 is 15.6 Å². The molecule has 2 aromatic rings. The van der Waals surface area contributed by atoms with Crippen LogP contribution in [0, 0.1) is 0 Å². The summed E-state index contributed by atoms with van der Waals surface area (Å²) in [6.07, 6.45) is 0.781. The molecule has 0 bridgehead atoms. The molecular formula is C16H19N3O3. The van der Waals surface area contributed by atoms with Crippen LogP contribution in [0.2, 0.25) is 0 Å². The van der Waals surface area contributed by atoms with E-state index in [4.69, 9.17) is 4.74 Å². The van der Waals surface area contributed by atoms with Crippen LogP contribution in [0.1, 0.15) is 23.8 Å². The summed E-state index contributed by atoms with van der Waals surface area (Å²) in [5, 5.41) is 6.77. The van der Waals surface area contributed by atoms with Gasteiger partial charge in [-0.15, -0.1) is 0 Å². The van der Waals surface area contributed by atoms with Crippen LogP contribution in [0.25, 0.3) is 0 Å². The Labute approximate surface area is 128 Å². The monoisotopic (exact) mass is 301 g/mol. The molecule has 0 fully saturated rings. The Balaban J connectivity index is 1.84. The second kappa shape index (κ2) is 7.97. The molecular weight excluding hydrogens is 282 g/mol. The zero-order chi connectivity index (χ0) is 15.8. The van der Waals surface area contributed by atoms with Crippen molar-refractivity contribution in [2.75, 3.05) is 13.2 Å². The maximum Gasteiger partial charge on any atom is 0.271 e. The summed E-state index contributed by atoms with van der Waals surface area (Å²) < 4.78 is 6.78. The van der Waals surface area contributed by atoms with Crippen molar-refractivity contribution in [3.05, 3.63) is 58.5 Å². The summed E-state index contributed by atoms with van der Waals surface area (Å²) in [5.41, 5.74) is 0.0265. The molecule has 0 atom stereocenters. The first kappa shape index (κ1) is 15.8. The Morgan fingerprint density at radius 2 is 2.00 bits per heavy atom. The lowest BCUT2D eigenvalue weighted by atomic mass is 10.3. The molecule has 0 saturated heterocycles. The molecule has 0 unspecified atom stereocenters. The molecule has 0 spiro atoms. The van der Waals surface area contributed by atoms with Crippen molar-refractivity contribution in [3.63, 3.8) is 0 Å². The number of hydrogen-bond acceptors (Lipinski definition) is 4. The van der Waals surface area contributed by atoms with Crippen molar-refractivity contribution >= 4 is 5.91 Å². The molecule has 0 aliphatic heterocycles. The number of carbonyl (C=O) groups excluding carboxylic acids is 1. The highest BCUT2D eigenvalue weighted by Gasteiger charge is 2.08. The van der Waals surface area contributed by atoms with E-state index in [1.54, 1.807) is 0 Å². The predicted octanol–water partition coefficient (Wildman–Crippen LogP) is 1.46. The molecule has 6 nitrogen and oxygen atoms in total. The fourth-order valence-electron chi connectivity index (χ4n) is 1.88. The van der Waals surface area contributed by atoms with Gasteiger partial charge in [-0.2, -0.15) is 5.10 Å². The second-order valence-electron chi connectivity index (χ2n) is 4.70. The maximum atomic E-state index is 12.0. The number of nitrogens with one attached hydrogen (secondary N) is 1. The number of amides is 1. The Bertz CT molecular complexity index is 668. The molecule has 0 aliphatic carbocycles. The fraction of sp³-hybridized carbons (Fsp3) is 0.312. The molecule has 0 saturated carbocycles. The molecule has 0 radical (unpaired) electrons. The average molecular weight is 301 g/mol. The van der Waals surface area contributed by atoms with Crippen molar-refractivity contribution in [2.24, 2.45) is 0 Å². The highest BCUT2D eigenvalue weighted by Crippen LogP contribution is 2.07. The minimum absolute atomic E-state index is 0.203. The van der Waals surface area contributed by atoms with Gasteiger partial charge in [-0.3, -0.25) is 9.59 Å². The number of carbonyl (C=O) groups is 1. The highest BCUT2D eigenvalue weighted by molar-refractivity contribution is 5.91. The third-order valence-corrected chi connectivity index (χ3v) is 2.93. The SMILES string of the molecule is CCCn1nc(C(=O)NCCOc2ccccc2)ccc1=O. The van der Waals surface area contributed by atoms with Gasteiger partial charge in [0.05, 0.1) is 6.54 Å². The Kier molecular flexibility index (Phi) is 5.71. The van der Waals surface area contributed by atoms with E-state index in [0.29, 0.717) is 19.7 Å². The van der Waals surface area contributed by atoms with Crippen LogP contribution in [0.5, 0.6) is 5.75 Å². The largest absolute Gasteiger partial charge is 0.492 e. The molecule has 1 N–H and O–H groups in total. The predicted molar refractivity (Wildman–Crippen MR) is 83.1 cm³/mol. The van der Waals surface area contributed by atoms with E-state index in [1.807, 2.05) is 37.3 Å². The van der Waals surface area contributed by atoms with E-state index in [1.165, 1.54) is 16.8 Å². The van der Waals surface area contributed by atoms with Gasteiger partial charge in [0.1, 0.15) is 18.1 Å². The number of nitrogens with zero attached hydrogens (tertiary/aromatic N) is 2. The molecule has 2 rings (SSSR count). The number of hydrogen-bond donors (Lipinski definition) is 1. The third-order valence-electron chi connectivity index (χ3n) is 2.93. The molecule has 1 aromatic carbocycles. The first-order chi connectivity index (χ1) is 10.7. The molecule has 22 heavy (non-hydrogen) atoms. The van der Waals surface area contributed by atoms with Crippen LogP contribution >= 0.6 is 0 Å². The minimum Gasteiger partial charge on any atom is -0.492 e. The molecule has 116 valence electrons. The van der Waals surface area contributed by atoms with Gasteiger partial charge in [0.25, 0.3) is 11.5 Å². The minimum atomic E-state index is -0.318. The third kappa shape index (κ3) is 4.44. The lowest BCUT2D eigenvalue weighted by Crippen LogP contribution is -2.31. The van der Waals surface area contributed by atoms with Gasteiger partial charge >= 0.3 is 0 Å². The van der Waals surface area contributed by atoms with E-state index >= 15 is 0 Å². The molecule has 1 aromatic heterocycles.